The van der Waals surface area contributed by atoms with Gasteiger partial charge in [-0.15, -0.1) is 6.58 Å². The van der Waals surface area contributed by atoms with Crippen LogP contribution in [0.15, 0.2) is 30.9 Å². The minimum atomic E-state index is -0.842. The van der Waals surface area contributed by atoms with Crippen LogP contribution in [0, 0.1) is 5.92 Å². The van der Waals surface area contributed by atoms with Crippen molar-refractivity contribution in [2.24, 2.45) is 5.92 Å². The summed E-state index contributed by atoms with van der Waals surface area (Å²) in [7, 11) is 0. The second-order valence-corrected chi connectivity index (χ2v) is 5.51. The first-order valence-electron chi connectivity index (χ1n) is 7.63. The number of hydrogen-bond donors (Lipinski definition) is 1. The number of ether oxygens (including phenoxy) is 1. The van der Waals surface area contributed by atoms with Gasteiger partial charge >= 0.3 is 5.97 Å². The average Bonchev–Trinajstić information content (AvgIpc) is 2.53. The van der Waals surface area contributed by atoms with Crippen molar-refractivity contribution < 1.29 is 19.4 Å². The monoisotopic (exact) mass is 318 g/mol. The molecule has 0 saturated heterocycles. The predicted molar refractivity (Wildman–Crippen MR) is 89.2 cm³/mol. The van der Waals surface area contributed by atoms with Gasteiger partial charge in [0, 0.05) is 25.3 Å². The number of carboxylic acid groups (broad SMARTS) is 1. The number of likely N-dealkylation sites (N-methyl/N-ethyl adjacent to an activating group) is 1. The normalized spacial score (nSPS) is 14.7. The fraction of sp³-hybridized carbons (Fsp3) is 0.412. The van der Waals surface area contributed by atoms with Crippen LogP contribution < -0.4 is 14.5 Å². The van der Waals surface area contributed by atoms with Crippen LogP contribution in [0.2, 0.25) is 0 Å². The summed E-state index contributed by atoms with van der Waals surface area (Å²) in [4.78, 5) is 26.7. The van der Waals surface area contributed by atoms with Crippen LogP contribution in [-0.2, 0) is 9.59 Å². The molecular weight excluding hydrogens is 296 g/mol. The molecule has 124 valence electrons. The van der Waals surface area contributed by atoms with E-state index in [1.807, 2.05) is 30.0 Å². The highest BCUT2D eigenvalue weighted by atomic mass is 16.5. The number of anilines is 2. The zero-order chi connectivity index (χ0) is 17.0. The highest BCUT2D eigenvalue weighted by molar-refractivity contribution is 5.98. The second kappa shape index (κ2) is 7.17. The Hall–Kier alpha value is -2.50. The van der Waals surface area contributed by atoms with E-state index in [4.69, 9.17) is 9.84 Å². The van der Waals surface area contributed by atoms with E-state index in [0.29, 0.717) is 25.4 Å². The summed E-state index contributed by atoms with van der Waals surface area (Å²) in [6.07, 6.45) is 1.73. The Labute approximate surface area is 136 Å². The number of carbonyl (C=O) groups is 2. The van der Waals surface area contributed by atoms with Crippen LogP contribution >= 0.6 is 0 Å². The number of hydrogen-bond acceptors (Lipinski definition) is 4. The summed E-state index contributed by atoms with van der Waals surface area (Å²) >= 11 is 0. The van der Waals surface area contributed by atoms with Gasteiger partial charge in [0.05, 0.1) is 11.6 Å². The molecule has 1 amide bonds. The molecule has 1 aromatic carbocycles. The van der Waals surface area contributed by atoms with E-state index in [1.54, 1.807) is 17.9 Å². The van der Waals surface area contributed by atoms with Gasteiger partial charge in [-0.25, -0.2) is 0 Å². The number of fused-ring (bicyclic) bond motifs is 1. The van der Waals surface area contributed by atoms with Gasteiger partial charge in [-0.05, 0) is 25.1 Å². The van der Waals surface area contributed by atoms with Crippen molar-refractivity contribution in [1.82, 2.24) is 0 Å². The maximum Gasteiger partial charge on any atom is 0.308 e. The smallest absolute Gasteiger partial charge is 0.308 e. The van der Waals surface area contributed by atoms with Gasteiger partial charge in [0.2, 0.25) is 0 Å². The summed E-state index contributed by atoms with van der Waals surface area (Å²) < 4.78 is 5.46. The third kappa shape index (κ3) is 3.64. The van der Waals surface area contributed by atoms with E-state index in [0.717, 1.165) is 11.4 Å². The molecule has 0 aliphatic carbocycles. The number of aliphatic carboxylic acids is 1. The maximum absolute atomic E-state index is 12.0. The summed E-state index contributed by atoms with van der Waals surface area (Å²) in [5.41, 5.74) is 1.56. The van der Waals surface area contributed by atoms with E-state index in [-0.39, 0.29) is 12.5 Å². The maximum atomic E-state index is 12.0. The molecule has 0 fully saturated rings. The van der Waals surface area contributed by atoms with Crippen LogP contribution in [0.4, 0.5) is 11.4 Å². The first kappa shape index (κ1) is 16.9. The zero-order valence-electron chi connectivity index (χ0n) is 13.5. The third-order valence-electron chi connectivity index (χ3n) is 3.83. The molecule has 2 rings (SSSR count). The first-order valence-corrected chi connectivity index (χ1v) is 7.63. The van der Waals surface area contributed by atoms with E-state index >= 15 is 0 Å². The van der Waals surface area contributed by atoms with Gasteiger partial charge in [0.1, 0.15) is 5.75 Å². The average molecular weight is 318 g/mol. The lowest BCUT2D eigenvalue weighted by Crippen LogP contribution is -2.39. The summed E-state index contributed by atoms with van der Waals surface area (Å²) in [6.45, 7) is 8.81. The van der Waals surface area contributed by atoms with E-state index in [1.165, 1.54) is 0 Å². The standard InChI is InChI=1S/C17H22N2O4/c1-4-8-18(10-12(3)17(21)22)13-6-7-15-14(9-13)19(5-2)16(20)11-23-15/h4,6-7,9,12H,1,5,8,10-11H2,2-3H3,(H,21,22). The van der Waals surface area contributed by atoms with Crippen molar-refractivity contribution in [2.75, 3.05) is 36.0 Å². The summed E-state index contributed by atoms with van der Waals surface area (Å²) in [5, 5.41) is 9.13. The van der Waals surface area contributed by atoms with Crippen LogP contribution in [-0.4, -0.2) is 43.2 Å². The van der Waals surface area contributed by atoms with E-state index in [9.17, 15) is 9.59 Å². The molecule has 6 heteroatoms. The van der Waals surface area contributed by atoms with Crippen LogP contribution in [0.25, 0.3) is 0 Å². The molecule has 0 saturated carbocycles. The highest BCUT2D eigenvalue weighted by Crippen LogP contribution is 2.35. The minimum absolute atomic E-state index is 0.0482. The highest BCUT2D eigenvalue weighted by Gasteiger charge is 2.25. The quantitative estimate of drug-likeness (QED) is 0.780. The lowest BCUT2D eigenvalue weighted by atomic mass is 10.1. The molecule has 0 aromatic heterocycles. The molecule has 0 spiro atoms. The molecule has 1 aliphatic heterocycles. The predicted octanol–water partition coefficient (Wildman–Crippen LogP) is 2.15. The van der Waals surface area contributed by atoms with Gasteiger partial charge in [-0.3, -0.25) is 9.59 Å². The van der Waals surface area contributed by atoms with Crippen LogP contribution in [0.3, 0.4) is 0 Å². The number of carboxylic acids is 1. The fourth-order valence-corrected chi connectivity index (χ4v) is 2.58. The molecule has 1 atom stereocenters. The van der Waals surface area contributed by atoms with Crippen LogP contribution in [0.5, 0.6) is 5.75 Å². The van der Waals surface area contributed by atoms with Gasteiger partial charge in [0.15, 0.2) is 6.61 Å². The Balaban J connectivity index is 2.33. The van der Waals surface area contributed by atoms with E-state index < -0.39 is 11.9 Å². The molecule has 1 unspecified atom stereocenters. The largest absolute Gasteiger partial charge is 0.482 e. The lowest BCUT2D eigenvalue weighted by molar-refractivity contribution is -0.140. The van der Waals surface area contributed by atoms with Crippen molar-refractivity contribution >= 4 is 23.3 Å². The Morgan fingerprint density at radius 1 is 1.57 bits per heavy atom. The number of amides is 1. The van der Waals surface area contributed by atoms with Gasteiger partial charge in [-0.2, -0.15) is 0 Å². The molecule has 23 heavy (non-hydrogen) atoms. The lowest BCUT2D eigenvalue weighted by Gasteiger charge is -2.31. The molecule has 1 aliphatic rings. The Morgan fingerprint density at radius 2 is 2.30 bits per heavy atom. The Morgan fingerprint density at radius 3 is 2.91 bits per heavy atom. The number of carbonyl (C=O) groups excluding carboxylic acids is 1. The molecule has 6 nitrogen and oxygen atoms in total. The van der Waals surface area contributed by atoms with Gasteiger partial charge < -0.3 is 19.6 Å². The zero-order valence-corrected chi connectivity index (χ0v) is 13.5. The number of rotatable bonds is 7. The van der Waals surface area contributed by atoms with E-state index in [2.05, 4.69) is 6.58 Å². The molecule has 1 aromatic rings. The second-order valence-electron chi connectivity index (χ2n) is 5.51. The van der Waals surface area contributed by atoms with Crippen LogP contribution in [0.1, 0.15) is 13.8 Å². The van der Waals surface area contributed by atoms with Gasteiger partial charge in [0.25, 0.3) is 5.91 Å². The van der Waals surface area contributed by atoms with Crippen molar-refractivity contribution in [1.29, 1.82) is 0 Å². The SMILES string of the molecule is C=CCN(CC(C)C(=O)O)c1ccc2c(c1)N(CC)C(=O)CO2. The molecular formula is C17H22N2O4. The topological polar surface area (TPSA) is 70.1 Å². The summed E-state index contributed by atoms with van der Waals surface area (Å²) in [6, 6.07) is 5.57. The van der Waals surface area contributed by atoms with Crippen molar-refractivity contribution in [2.45, 2.75) is 13.8 Å². The third-order valence-corrected chi connectivity index (χ3v) is 3.83. The van der Waals surface area contributed by atoms with Crippen molar-refractivity contribution in [3.8, 4) is 5.75 Å². The Kier molecular flexibility index (Phi) is 5.26. The number of nitrogens with zero attached hydrogens (tertiary/aromatic N) is 2. The molecule has 0 bridgehead atoms. The number of benzene rings is 1. The Bertz CT molecular complexity index is 615. The fourth-order valence-electron chi connectivity index (χ4n) is 2.58. The molecule has 0 radical (unpaired) electrons. The summed E-state index contributed by atoms with van der Waals surface area (Å²) in [5.74, 6) is -0.761. The minimum Gasteiger partial charge on any atom is -0.482 e. The van der Waals surface area contributed by atoms with Gasteiger partial charge in [-0.1, -0.05) is 13.0 Å². The molecule has 1 heterocycles. The first-order chi connectivity index (χ1) is 11.0. The van der Waals surface area contributed by atoms with Crippen molar-refractivity contribution in [3.63, 3.8) is 0 Å². The van der Waals surface area contributed by atoms with Crippen molar-refractivity contribution in [3.05, 3.63) is 30.9 Å². The molecule has 1 N–H and O–H groups in total.